The van der Waals surface area contributed by atoms with Gasteiger partial charge in [-0.25, -0.2) is 4.79 Å². The first kappa shape index (κ1) is 22.7. The highest BCUT2D eigenvalue weighted by Gasteiger charge is 2.36. The molecule has 0 bridgehead atoms. The number of benzene rings is 1. The van der Waals surface area contributed by atoms with E-state index in [1.165, 1.54) is 26.4 Å². The quantitative estimate of drug-likeness (QED) is 0.289. The Morgan fingerprint density at radius 2 is 2.06 bits per heavy atom. The molecular formula is C21H18BrNO7S. The van der Waals surface area contributed by atoms with Crippen molar-refractivity contribution in [2.45, 2.75) is 6.54 Å². The number of ether oxygens (including phenoxy) is 3. The molecule has 0 spiro atoms. The molecule has 3 rings (SSSR count). The predicted molar refractivity (Wildman–Crippen MR) is 118 cm³/mol. The van der Waals surface area contributed by atoms with Crippen molar-refractivity contribution in [3.8, 4) is 11.5 Å². The molecule has 1 aromatic heterocycles. The number of amides is 2. The number of nitrogens with zero attached hydrogens (tertiary/aromatic N) is 1. The molecule has 10 heteroatoms. The van der Waals surface area contributed by atoms with Crippen molar-refractivity contribution in [1.82, 2.24) is 4.90 Å². The van der Waals surface area contributed by atoms with E-state index in [2.05, 4.69) is 27.2 Å². The predicted octanol–water partition coefficient (Wildman–Crippen LogP) is 4.64. The summed E-state index contributed by atoms with van der Waals surface area (Å²) in [7, 11) is 2.74. The van der Waals surface area contributed by atoms with Crippen LogP contribution in [-0.4, -0.2) is 42.8 Å². The number of hydrogen-bond acceptors (Lipinski definition) is 8. The van der Waals surface area contributed by atoms with Crippen LogP contribution >= 0.6 is 27.7 Å². The van der Waals surface area contributed by atoms with Gasteiger partial charge in [0.2, 0.25) is 5.76 Å². The fraction of sp³-hybridized carbons (Fsp3) is 0.190. The maximum Gasteiger partial charge on any atom is 0.373 e. The fourth-order valence-corrected chi connectivity index (χ4v) is 4.13. The molecule has 2 aromatic rings. The van der Waals surface area contributed by atoms with Crippen LogP contribution in [0, 0.1) is 0 Å². The van der Waals surface area contributed by atoms with Gasteiger partial charge in [-0.3, -0.25) is 14.5 Å². The Balaban J connectivity index is 1.81. The molecule has 1 aromatic carbocycles. The lowest BCUT2D eigenvalue weighted by Crippen LogP contribution is -2.27. The van der Waals surface area contributed by atoms with E-state index >= 15 is 0 Å². The van der Waals surface area contributed by atoms with E-state index in [4.69, 9.17) is 13.9 Å². The minimum absolute atomic E-state index is 0.00396. The Kier molecular flexibility index (Phi) is 7.24. The topological polar surface area (TPSA) is 95.3 Å². The van der Waals surface area contributed by atoms with Crippen molar-refractivity contribution in [3.63, 3.8) is 0 Å². The Morgan fingerprint density at radius 1 is 1.29 bits per heavy atom. The van der Waals surface area contributed by atoms with Crippen molar-refractivity contribution < 1.29 is 33.0 Å². The molecule has 162 valence electrons. The van der Waals surface area contributed by atoms with Crippen molar-refractivity contribution in [1.29, 1.82) is 0 Å². The first-order valence-corrected chi connectivity index (χ1v) is 10.5. The molecule has 0 atom stereocenters. The minimum atomic E-state index is -0.639. The number of carbonyl (C=O) groups is 3. The number of halogens is 1. The van der Waals surface area contributed by atoms with Crippen molar-refractivity contribution >= 4 is 50.9 Å². The molecule has 0 radical (unpaired) electrons. The van der Waals surface area contributed by atoms with Gasteiger partial charge in [-0.1, -0.05) is 12.7 Å². The van der Waals surface area contributed by atoms with Gasteiger partial charge >= 0.3 is 5.97 Å². The average Bonchev–Trinajstić information content (AvgIpc) is 3.32. The largest absolute Gasteiger partial charge is 0.493 e. The van der Waals surface area contributed by atoms with Crippen LogP contribution in [0.4, 0.5) is 4.79 Å². The van der Waals surface area contributed by atoms with Gasteiger partial charge in [0.1, 0.15) is 12.4 Å². The summed E-state index contributed by atoms with van der Waals surface area (Å²) in [5.74, 6) is 0.153. The lowest BCUT2D eigenvalue weighted by molar-refractivity contribution is -0.123. The summed E-state index contributed by atoms with van der Waals surface area (Å²) < 4.78 is 21.5. The number of rotatable bonds is 8. The Hall–Kier alpha value is -2.98. The summed E-state index contributed by atoms with van der Waals surface area (Å²) in [4.78, 5) is 38.0. The molecule has 0 N–H and O–H groups in total. The first-order valence-electron chi connectivity index (χ1n) is 8.91. The number of hydrogen-bond donors (Lipinski definition) is 0. The molecule has 31 heavy (non-hydrogen) atoms. The van der Waals surface area contributed by atoms with E-state index in [1.54, 1.807) is 24.3 Å². The highest BCUT2D eigenvalue weighted by atomic mass is 79.9. The molecule has 1 aliphatic heterocycles. The zero-order chi connectivity index (χ0) is 22.5. The molecule has 0 saturated carbocycles. The van der Waals surface area contributed by atoms with Gasteiger partial charge in [-0.05, 0) is 63.6 Å². The highest BCUT2D eigenvalue weighted by molar-refractivity contribution is 9.10. The lowest BCUT2D eigenvalue weighted by Gasteiger charge is -2.12. The summed E-state index contributed by atoms with van der Waals surface area (Å²) in [5.41, 5.74) is 0.645. The number of carbonyl (C=O) groups excluding carboxylic acids is 3. The number of thioether (sulfide) groups is 1. The number of esters is 1. The van der Waals surface area contributed by atoms with E-state index in [-0.39, 0.29) is 23.0 Å². The molecule has 1 fully saturated rings. The van der Waals surface area contributed by atoms with Gasteiger partial charge in [0.05, 0.1) is 30.1 Å². The lowest BCUT2D eigenvalue weighted by atomic mass is 10.2. The number of imide groups is 1. The van der Waals surface area contributed by atoms with Gasteiger partial charge in [-0.2, -0.15) is 0 Å². The molecule has 2 amide bonds. The maximum atomic E-state index is 12.8. The zero-order valence-corrected chi connectivity index (χ0v) is 19.1. The molecule has 8 nitrogen and oxygen atoms in total. The van der Waals surface area contributed by atoms with Crippen LogP contribution in [-0.2, 0) is 16.1 Å². The smallest absolute Gasteiger partial charge is 0.373 e. The third kappa shape index (κ3) is 5.02. The Bertz CT molecular complexity index is 1080. The number of furan rings is 1. The standard InChI is InChI=1S/C21H18BrNO7S/c1-4-7-29-18-14(22)8-12(9-16(18)27-2)10-17-19(24)23(21(26)31-17)11-13-5-6-15(30-13)20(25)28-3/h4-6,8-10H,1,7,11H2,2-3H3/b17-10+. The third-order valence-corrected chi connectivity index (χ3v) is 5.63. The molecule has 0 unspecified atom stereocenters. The Labute approximate surface area is 190 Å². The van der Waals surface area contributed by atoms with E-state index in [0.717, 1.165) is 16.7 Å². The van der Waals surface area contributed by atoms with Gasteiger partial charge in [-0.15, -0.1) is 0 Å². The molecular weight excluding hydrogens is 490 g/mol. The fourth-order valence-electron chi connectivity index (χ4n) is 2.72. The van der Waals surface area contributed by atoms with E-state index in [1.807, 2.05) is 0 Å². The molecule has 0 aliphatic carbocycles. The van der Waals surface area contributed by atoms with Gasteiger partial charge in [0.15, 0.2) is 11.5 Å². The summed E-state index contributed by atoms with van der Waals surface area (Å²) in [6, 6.07) is 6.40. The van der Waals surface area contributed by atoms with Crippen molar-refractivity contribution in [3.05, 3.63) is 63.4 Å². The Morgan fingerprint density at radius 3 is 2.74 bits per heavy atom. The maximum absolute atomic E-state index is 12.8. The molecule has 2 heterocycles. The summed E-state index contributed by atoms with van der Waals surface area (Å²) in [6.45, 7) is 3.82. The monoisotopic (exact) mass is 507 g/mol. The van der Waals surface area contributed by atoms with Crippen LogP contribution < -0.4 is 9.47 Å². The van der Waals surface area contributed by atoms with Crippen LogP contribution in [0.5, 0.6) is 11.5 Å². The van der Waals surface area contributed by atoms with Crippen LogP contribution in [0.1, 0.15) is 21.9 Å². The normalized spacial score (nSPS) is 14.8. The van der Waals surface area contributed by atoms with Crippen LogP contribution in [0.15, 0.2) is 50.7 Å². The second-order valence-corrected chi connectivity index (χ2v) is 8.01. The van der Waals surface area contributed by atoms with Crippen LogP contribution in [0.2, 0.25) is 0 Å². The van der Waals surface area contributed by atoms with Crippen molar-refractivity contribution in [2.24, 2.45) is 0 Å². The van der Waals surface area contributed by atoms with E-state index in [9.17, 15) is 14.4 Å². The zero-order valence-electron chi connectivity index (χ0n) is 16.7. The van der Waals surface area contributed by atoms with Gasteiger partial charge in [0.25, 0.3) is 11.1 Å². The molecule has 1 saturated heterocycles. The number of methoxy groups -OCH3 is 2. The summed E-state index contributed by atoms with van der Waals surface area (Å²) in [6.07, 6.45) is 3.21. The van der Waals surface area contributed by atoms with Gasteiger partial charge < -0.3 is 18.6 Å². The van der Waals surface area contributed by atoms with Crippen LogP contribution in [0.25, 0.3) is 6.08 Å². The van der Waals surface area contributed by atoms with Crippen LogP contribution in [0.3, 0.4) is 0 Å². The van der Waals surface area contributed by atoms with E-state index < -0.39 is 17.1 Å². The van der Waals surface area contributed by atoms with Gasteiger partial charge in [0, 0.05) is 0 Å². The summed E-state index contributed by atoms with van der Waals surface area (Å²) >= 11 is 4.25. The highest BCUT2D eigenvalue weighted by Crippen LogP contribution is 2.39. The van der Waals surface area contributed by atoms with Crippen molar-refractivity contribution in [2.75, 3.05) is 20.8 Å². The minimum Gasteiger partial charge on any atom is -0.493 e. The average molecular weight is 508 g/mol. The first-order chi connectivity index (χ1) is 14.9. The van der Waals surface area contributed by atoms with E-state index in [0.29, 0.717) is 28.1 Å². The third-order valence-electron chi connectivity index (χ3n) is 4.13. The second-order valence-electron chi connectivity index (χ2n) is 6.16. The second kappa shape index (κ2) is 9.88. The summed E-state index contributed by atoms with van der Waals surface area (Å²) in [5, 5.41) is -0.441. The molecule has 1 aliphatic rings. The SMILES string of the molecule is C=CCOc1c(Br)cc(/C=C2/SC(=O)N(Cc3ccc(C(=O)OC)o3)C2=O)cc1OC.